The molecule has 1 amide bonds. The van der Waals surface area contributed by atoms with Gasteiger partial charge in [-0.2, -0.15) is 0 Å². The van der Waals surface area contributed by atoms with Crippen molar-refractivity contribution in [2.45, 2.75) is 31.7 Å². The monoisotopic (exact) mass is 308 g/mol. The van der Waals surface area contributed by atoms with Gasteiger partial charge in [0, 0.05) is 24.7 Å². The van der Waals surface area contributed by atoms with Gasteiger partial charge >= 0.3 is 0 Å². The number of hydrogen-bond acceptors (Lipinski definition) is 2. The highest BCUT2D eigenvalue weighted by Gasteiger charge is 2.25. The number of amides is 1. The molecule has 0 saturated heterocycles. The van der Waals surface area contributed by atoms with Crippen LogP contribution in [0.5, 0.6) is 0 Å². The molecule has 2 N–H and O–H groups in total. The number of carbonyl (C=O) groups is 1. The number of benzene rings is 2. The van der Waals surface area contributed by atoms with Crippen LogP contribution >= 0.6 is 0 Å². The minimum absolute atomic E-state index is 0.111. The van der Waals surface area contributed by atoms with Crippen LogP contribution in [0.4, 0.5) is 5.69 Å². The average molecular weight is 308 g/mol. The SMILES string of the molecule is NC(CC(=O)N(CC1CCC1)c1ccccc1)c1ccccc1. The number of nitrogens with zero attached hydrogens (tertiary/aromatic N) is 1. The Hall–Kier alpha value is -2.13. The van der Waals surface area contributed by atoms with E-state index in [4.69, 9.17) is 5.73 Å². The molecule has 1 saturated carbocycles. The van der Waals surface area contributed by atoms with Crippen molar-refractivity contribution in [2.75, 3.05) is 11.4 Å². The summed E-state index contributed by atoms with van der Waals surface area (Å²) in [4.78, 5) is 14.8. The number of rotatable bonds is 6. The minimum atomic E-state index is -0.253. The fourth-order valence-electron chi connectivity index (χ4n) is 3.01. The van der Waals surface area contributed by atoms with Crippen molar-refractivity contribution >= 4 is 11.6 Å². The second-order valence-corrected chi connectivity index (χ2v) is 6.36. The zero-order valence-corrected chi connectivity index (χ0v) is 13.4. The lowest BCUT2D eigenvalue weighted by atomic mass is 9.85. The molecule has 1 aliphatic carbocycles. The second-order valence-electron chi connectivity index (χ2n) is 6.36. The standard InChI is InChI=1S/C20H24N2O/c21-19(17-10-3-1-4-11-17)14-20(23)22(15-16-8-7-9-16)18-12-5-2-6-13-18/h1-6,10-13,16,19H,7-9,14-15,21H2. The largest absolute Gasteiger partial charge is 0.324 e. The first kappa shape index (κ1) is 15.8. The Morgan fingerprint density at radius 3 is 2.22 bits per heavy atom. The number of para-hydroxylation sites is 1. The van der Waals surface area contributed by atoms with E-state index in [2.05, 4.69) is 0 Å². The molecule has 1 fully saturated rings. The maximum atomic E-state index is 12.8. The fraction of sp³-hybridized carbons (Fsp3) is 0.350. The summed E-state index contributed by atoms with van der Waals surface area (Å²) in [5.74, 6) is 0.742. The molecule has 2 aromatic rings. The van der Waals surface area contributed by atoms with Gasteiger partial charge in [-0.1, -0.05) is 55.0 Å². The van der Waals surface area contributed by atoms with Crippen molar-refractivity contribution in [1.29, 1.82) is 0 Å². The number of nitrogens with two attached hydrogens (primary N) is 1. The topological polar surface area (TPSA) is 46.3 Å². The van der Waals surface area contributed by atoms with Crippen LogP contribution in [0.25, 0.3) is 0 Å². The lowest BCUT2D eigenvalue weighted by Gasteiger charge is -2.33. The Balaban J connectivity index is 1.72. The summed E-state index contributed by atoms with van der Waals surface area (Å²) in [5, 5.41) is 0. The van der Waals surface area contributed by atoms with Crippen molar-refractivity contribution in [2.24, 2.45) is 11.7 Å². The number of carbonyl (C=O) groups excluding carboxylic acids is 1. The lowest BCUT2D eigenvalue weighted by Crippen LogP contribution is -2.38. The highest BCUT2D eigenvalue weighted by molar-refractivity contribution is 5.93. The molecule has 2 aromatic carbocycles. The molecule has 0 radical (unpaired) electrons. The molecule has 1 aliphatic rings. The maximum Gasteiger partial charge on any atom is 0.228 e. The molecular formula is C20H24N2O. The zero-order chi connectivity index (χ0) is 16.1. The predicted molar refractivity (Wildman–Crippen MR) is 94.1 cm³/mol. The second kappa shape index (κ2) is 7.42. The smallest absolute Gasteiger partial charge is 0.228 e. The Morgan fingerprint density at radius 2 is 1.65 bits per heavy atom. The Morgan fingerprint density at radius 1 is 1.04 bits per heavy atom. The first-order valence-electron chi connectivity index (χ1n) is 8.40. The van der Waals surface area contributed by atoms with Crippen molar-refractivity contribution in [3.05, 3.63) is 66.2 Å². The van der Waals surface area contributed by atoms with Gasteiger partial charge in [0.15, 0.2) is 0 Å². The molecule has 3 heteroatoms. The summed E-state index contributed by atoms with van der Waals surface area (Å²) >= 11 is 0. The Bertz CT molecular complexity index is 623. The molecule has 1 unspecified atom stereocenters. The highest BCUT2D eigenvalue weighted by Crippen LogP contribution is 2.30. The third-order valence-electron chi connectivity index (χ3n) is 4.66. The van der Waals surface area contributed by atoms with Crippen LogP contribution in [0.2, 0.25) is 0 Å². The molecule has 3 nitrogen and oxygen atoms in total. The van der Waals surface area contributed by atoms with E-state index in [9.17, 15) is 4.79 Å². The van der Waals surface area contributed by atoms with Crippen LogP contribution < -0.4 is 10.6 Å². The molecule has 0 aliphatic heterocycles. The van der Waals surface area contributed by atoms with Gasteiger partial charge in [0.25, 0.3) is 0 Å². The predicted octanol–water partition coefficient (Wildman–Crippen LogP) is 3.91. The molecule has 0 aromatic heterocycles. The van der Waals surface area contributed by atoms with Crippen LogP contribution in [0.15, 0.2) is 60.7 Å². The number of hydrogen-bond donors (Lipinski definition) is 1. The van der Waals surface area contributed by atoms with Gasteiger partial charge in [-0.25, -0.2) is 0 Å². The van der Waals surface area contributed by atoms with Gasteiger partial charge in [0.05, 0.1) is 0 Å². The summed E-state index contributed by atoms with van der Waals surface area (Å²) in [6.07, 6.45) is 4.07. The van der Waals surface area contributed by atoms with Gasteiger partial charge in [0.2, 0.25) is 5.91 Å². The summed E-state index contributed by atoms with van der Waals surface area (Å²) in [6.45, 7) is 0.810. The van der Waals surface area contributed by atoms with E-state index in [1.54, 1.807) is 0 Å². The summed E-state index contributed by atoms with van der Waals surface area (Å²) in [5.41, 5.74) is 8.23. The third-order valence-corrected chi connectivity index (χ3v) is 4.66. The van der Waals surface area contributed by atoms with Crippen molar-refractivity contribution < 1.29 is 4.79 Å². The van der Waals surface area contributed by atoms with Gasteiger partial charge in [0.1, 0.15) is 0 Å². The van der Waals surface area contributed by atoms with Crippen LogP contribution in [0.3, 0.4) is 0 Å². The molecular weight excluding hydrogens is 284 g/mol. The lowest BCUT2D eigenvalue weighted by molar-refractivity contribution is -0.119. The fourth-order valence-corrected chi connectivity index (χ4v) is 3.01. The van der Waals surface area contributed by atoms with Crippen LogP contribution in [0.1, 0.15) is 37.3 Å². The first-order chi connectivity index (χ1) is 11.2. The van der Waals surface area contributed by atoms with Gasteiger partial charge in [-0.05, 0) is 36.5 Å². The van der Waals surface area contributed by atoms with Crippen molar-refractivity contribution in [1.82, 2.24) is 0 Å². The van der Waals surface area contributed by atoms with Gasteiger partial charge in [-0.3, -0.25) is 4.79 Å². The van der Waals surface area contributed by atoms with E-state index >= 15 is 0 Å². The number of anilines is 1. The van der Waals surface area contributed by atoms with Crippen molar-refractivity contribution in [3.8, 4) is 0 Å². The molecule has 23 heavy (non-hydrogen) atoms. The maximum absolute atomic E-state index is 12.8. The zero-order valence-electron chi connectivity index (χ0n) is 13.4. The summed E-state index contributed by atoms with van der Waals surface area (Å²) in [6, 6.07) is 19.5. The van der Waals surface area contributed by atoms with Crippen molar-refractivity contribution in [3.63, 3.8) is 0 Å². The van der Waals surface area contributed by atoms with E-state index < -0.39 is 0 Å². The Labute approximate surface area is 138 Å². The average Bonchev–Trinajstić information content (AvgIpc) is 2.55. The molecule has 0 bridgehead atoms. The summed E-state index contributed by atoms with van der Waals surface area (Å²) in [7, 11) is 0. The molecule has 1 atom stereocenters. The molecule has 120 valence electrons. The molecule has 0 spiro atoms. The van der Waals surface area contributed by atoms with Gasteiger partial charge in [-0.15, -0.1) is 0 Å². The van der Waals surface area contributed by atoms with Crippen LogP contribution in [-0.4, -0.2) is 12.5 Å². The van der Waals surface area contributed by atoms with E-state index in [0.717, 1.165) is 17.8 Å². The van der Waals surface area contributed by atoms with E-state index in [0.29, 0.717) is 12.3 Å². The normalized spacial score (nSPS) is 15.7. The molecule has 3 rings (SSSR count). The quantitative estimate of drug-likeness (QED) is 0.879. The molecule has 0 heterocycles. The third kappa shape index (κ3) is 3.99. The van der Waals surface area contributed by atoms with E-state index in [-0.39, 0.29) is 11.9 Å². The first-order valence-corrected chi connectivity index (χ1v) is 8.40. The van der Waals surface area contributed by atoms with Crippen LogP contribution in [0, 0.1) is 5.92 Å². The van der Waals surface area contributed by atoms with E-state index in [1.807, 2.05) is 65.6 Å². The minimum Gasteiger partial charge on any atom is -0.324 e. The van der Waals surface area contributed by atoms with Crippen LogP contribution in [-0.2, 0) is 4.79 Å². The Kier molecular flexibility index (Phi) is 5.09. The summed E-state index contributed by atoms with van der Waals surface area (Å²) < 4.78 is 0. The highest BCUT2D eigenvalue weighted by atomic mass is 16.2. The van der Waals surface area contributed by atoms with E-state index in [1.165, 1.54) is 19.3 Å². The van der Waals surface area contributed by atoms with Gasteiger partial charge < -0.3 is 10.6 Å².